The number of carbonyl (C=O) groups is 1. The molecule has 0 bridgehead atoms. The number of aromatic nitrogens is 4. The third kappa shape index (κ3) is 5.61. The van der Waals surface area contributed by atoms with Gasteiger partial charge in [-0.2, -0.15) is 0 Å². The number of rotatable bonds is 8. The van der Waals surface area contributed by atoms with E-state index in [1.807, 2.05) is 6.92 Å². The molecule has 43 heavy (non-hydrogen) atoms. The highest BCUT2D eigenvalue weighted by molar-refractivity contribution is 6.30. The molecule has 3 saturated heterocycles. The summed E-state index contributed by atoms with van der Waals surface area (Å²) < 4.78 is 50.8. The molecular formula is C28H29ClF2N6O6. The lowest BCUT2D eigenvalue weighted by molar-refractivity contribution is -0.228. The van der Waals surface area contributed by atoms with E-state index in [-0.39, 0.29) is 48.0 Å². The molecule has 3 fully saturated rings. The van der Waals surface area contributed by atoms with Gasteiger partial charge < -0.3 is 33.9 Å². The van der Waals surface area contributed by atoms with Crippen molar-refractivity contribution in [1.29, 1.82) is 0 Å². The minimum Gasteiger partial charge on any atom is -0.481 e. The minimum absolute atomic E-state index is 0.0152. The molecule has 3 aromatic rings. The highest BCUT2D eigenvalue weighted by Crippen LogP contribution is 2.40. The van der Waals surface area contributed by atoms with Crippen molar-refractivity contribution in [3.63, 3.8) is 0 Å². The van der Waals surface area contributed by atoms with E-state index in [4.69, 9.17) is 30.5 Å². The molecule has 6 rings (SSSR count). The first-order chi connectivity index (χ1) is 20.7. The number of hydrogen-bond acceptors (Lipinski definition) is 11. The Morgan fingerprint density at radius 3 is 2.70 bits per heavy atom. The second kappa shape index (κ2) is 11.7. The van der Waals surface area contributed by atoms with Crippen molar-refractivity contribution < 1.29 is 37.6 Å². The largest absolute Gasteiger partial charge is 0.481 e. The highest BCUT2D eigenvalue weighted by atomic mass is 35.5. The van der Waals surface area contributed by atoms with E-state index in [1.165, 1.54) is 24.3 Å². The van der Waals surface area contributed by atoms with E-state index in [1.54, 1.807) is 24.3 Å². The van der Waals surface area contributed by atoms with Crippen LogP contribution in [0.15, 0.2) is 36.5 Å². The summed E-state index contributed by atoms with van der Waals surface area (Å²) in [6.07, 6.45) is -2.14. The molecule has 0 radical (unpaired) electrons. The molecule has 15 heteroatoms. The van der Waals surface area contributed by atoms with Crippen LogP contribution in [-0.4, -0.2) is 94.8 Å². The van der Waals surface area contributed by atoms with Crippen LogP contribution in [0.3, 0.4) is 0 Å². The SMILES string of the molecule is COc1cccc(-c2cc(N3C[C@@H](Oc4ncc(Cl)cc4N4CCOC5(COC5)[C@@H]4C)C[C@H]3C(=O)O)nc(C(F)F)n2)n1. The molecule has 3 atom stereocenters. The average molecular weight is 619 g/mol. The molecule has 1 spiro atoms. The van der Waals surface area contributed by atoms with Gasteiger partial charge in [0.1, 0.15) is 29.3 Å². The second-order valence-electron chi connectivity index (χ2n) is 10.6. The monoisotopic (exact) mass is 618 g/mol. The lowest BCUT2D eigenvalue weighted by Crippen LogP contribution is -2.68. The van der Waals surface area contributed by atoms with Crippen molar-refractivity contribution in [3.05, 3.63) is 47.4 Å². The number of hydrogen-bond donors (Lipinski definition) is 1. The number of methoxy groups -OCH3 is 1. The number of nitrogens with zero attached hydrogens (tertiary/aromatic N) is 6. The maximum Gasteiger partial charge on any atom is 0.326 e. The predicted octanol–water partition coefficient (Wildman–Crippen LogP) is 3.64. The van der Waals surface area contributed by atoms with Gasteiger partial charge in [0.15, 0.2) is 5.82 Å². The van der Waals surface area contributed by atoms with E-state index < -0.39 is 36.0 Å². The Balaban J connectivity index is 1.30. The second-order valence-corrected chi connectivity index (χ2v) is 11.0. The maximum absolute atomic E-state index is 13.9. The smallest absolute Gasteiger partial charge is 0.326 e. The van der Waals surface area contributed by atoms with Crippen molar-refractivity contribution >= 4 is 29.1 Å². The average Bonchev–Trinajstić information content (AvgIpc) is 3.41. The maximum atomic E-state index is 13.9. The molecule has 3 aliphatic rings. The lowest BCUT2D eigenvalue weighted by Gasteiger charge is -2.53. The molecule has 12 nitrogen and oxygen atoms in total. The first-order valence-corrected chi connectivity index (χ1v) is 14.0. The summed E-state index contributed by atoms with van der Waals surface area (Å²) in [5.74, 6) is -1.33. The first kappa shape index (κ1) is 29.2. The van der Waals surface area contributed by atoms with Crippen LogP contribution in [0.1, 0.15) is 25.6 Å². The molecule has 0 saturated carbocycles. The molecule has 0 aromatic carbocycles. The van der Waals surface area contributed by atoms with Crippen LogP contribution in [0.25, 0.3) is 11.4 Å². The summed E-state index contributed by atoms with van der Waals surface area (Å²) in [5, 5.41) is 10.5. The van der Waals surface area contributed by atoms with Gasteiger partial charge in [-0.3, -0.25) is 0 Å². The highest BCUT2D eigenvalue weighted by Gasteiger charge is 2.50. The number of alkyl halides is 2. The van der Waals surface area contributed by atoms with Crippen molar-refractivity contribution in [2.45, 2.75) is 43.6 Å². The van der Waals surface area contributed by atoms with E-state index >= 15 is 0 Å². The fraction of sp³-hybridized carbons (Fsp3) is 0.464. The summed E-state index contributed by atoms with van der Waals surface area (Å²) >= 11 is 6.34. The number of carboxylic acids is 1. The molecule has 0 aliphatic carbocycles. The number of anilines is 2. The van der Waals surface area contributed by atoms with Crippen LogP contribution in [0, 0.1) is 0 Å². The molecule has 3 aromatic heterocycles. The number of halogens is 3. The van der Waals surface area contributed by atoms with Gasteiger partial charge in [0.2, 0.25) is 11.8 Å². The van der Waals surface area contributed by atoms with Gasteiger partial charge in [0.05, 0.1) is 55.9 Å². The Labute approximate surface area is 250 Å². The number of aliphatic carboxylic acids is 1. The Bertz CT molecular complexity index is 1510. The Hall–Kier alpha value is -3.88. The standard InChI is InChI=1S/C28H29ClF2N6O6/c1-15-28(13-41-14-28)42-7-6-36(15)20-8-16(29)11-32-26(20)43-17-9-21(27(38)39)37(12-17)22-10-19(34-25(35-22)24(30)31)18-4-3-5-23(33-18)40-2/h3-5,8,10-11,15,17,21,24H,6-7,9,12-14H2,1-2H3,(H,38,39)/t15-,17-,21-/m0/s1. The molecule has 228 valence electrons. The topological polar surface area (TPSA) is 132 Å². The van der Waals surface area contributed by atoms with Gasteiger partial charge in [-0.15, -0.1) is 0 Å². The van der Waals surface area contributed by atoms with Gasteiger partial charge in [0.25, 0.3) is 6.43 Å². The van der Waals surface area contributed by atoms with Crippen LogP contribution < -0.4 is 19.3 Å². The fourth-order valence-corrected chi connectivity index (χ4v) is 5.79. The van der Waals surface area contributed by atoms with Gasteiger partial charge in [0, 0.05) is 31.3 Å². The van der Waals surface area contributed by atoms with E-state index in [0.29, 0.717) is 37.1 Å². The van der Waals surface area contributed by atoms with Crippen LogP contribution >= 0.6 is 11.6 Å². The quantitative estimate of drug-likeness (QED) is 0.395. The van der Waals surface area contributed by atoms with Crippen molar-refractivity contribution in [2.75, 3.05) is 49.8 Å². The van der Waals surface area contributed by atoms with Crippen LogP contribution in [0.5, 0.6) is 11.8 Å². The molecular weight excluding hydrogens is 590 g/mol. The normalized spacial score (nSPS) is 23.0. The van der Waals surface area contributed by atoms with E-state index in [2.05, 4.69) is 24.8 Å². The molecule has 0 amide bonds. The summed E-state index contributed by atoms with van der Waals surface area (Å²) in [5.41, 5.74) is 0.576. The number of pyridine rings is 2. The van der Waals surface area contributed by atoms with Crippen LogP contribution in [0.4, 0.5) is 20.3 Å². The predicted molar refractivity (Wildman–Crippen MR) is 150 cm³/mol. The van der Waals surface area contributed by atoms with E-state index in [9.17, 15) is 18.7 Å². The number of ether oxygens (including phenoxy) is 4. The fourth-order valence-electron chi connectivity index (χ4n) is 5.64. The third-order valence-corrected chi connectivity index (χ3v) is 8.20. The van der Waals surface area contributed by atoms with Gasteiger partial charge in [-0.25, -0.2) is 33.5 Å². The van der Waals surface area contributed by atoms with Gasteiger partial charge >= 0.3 is 5.97 Å². The van der Waals surface area contributed by atoms with Crippen molar-refractivity contribution in [3.8, 4) is 23.1 Å². The zero-order chi connectivity index (χ0) is 30.3. The van der Waals surface area contributed by atoms with Crippen LogP contribution in [0.2, 0.25) is 5.02 Å². The summed E-state index contributed by atoms with van der Waals surface area (Å²) in [6.45, 7) is 4.06. The van der Waals surface area contributed by atoms with Gasteiger partial charge in [-0.1, -0.05) is 17.7 Å². The van der Waals surface area contributed by atoms with Crippen molar-refractivity contribution in [2.24, 2.45) is 0 Å². The van der Waals surface area contributed by atoms with Gasteiger partial charge in [-0.05, 0) is 19.1 Å². The van der Waals surface area contributed by atoms with Crippen LogP contribution in [-0.2, 0) is 14.3 Å². The van der Waals surface area contributed by atoms with E-state index in [0.717, 1.165) is 0 Å². The Morgan fingerprint density at radius 1 is 1.19 bits per heavy atom. The minimum atomic E-state index is -3.00. The molecule has 0 unspecified atom stereocenters. The summed E-state index contributed by atoms with van der Waals surface area (Å²) in [6, 6.07) is 6.87. The number of carboxylic acid groups (broad SMARTS) is 1. The third-order valence-electron chi connectivity index (χ3n) is 7.99. The Kier molecular flexibility index (Phi) is 7.92. The van der Waals surface area contributed by atoms with Crippen molar-refractivity contribution in [1.82, 2.24) is 19.9 Å². The lowest BCUT2D eigenvalue weighted by atomic mass is 9.90. The molecule has 6 heterocycles. The summed E-state index contributed by atoms with van der Waals surface area (Å²) in [7, 11) is 1.43. The molecule has 3 aliphatic heterocycles. The zero-order valence-corrected chi connectivity index (χ0v) is 24.1. The first-order valence-electron chi connectivity index (χ1n) is 13.7. The summed E-state index contributed by atoms with van der Waals surface area (Å²) in [4.78, 5) is 32.6. The molecule has 1 N–H and O–H groups in total. The number of morpholine rings is 1. The Morgan fingerprint density at radius 2 is 2.00 bits per heavy atom. The zero-order valence-electron chi connectivity index (χ0n) is 23.3.